The minimum absolute atomic E-state index is 0.0621. The Morgan fingerprint density at radius 3 is 2.75 bits per heavy atom. The van der Waals surface area contributed by atoms with E-state index in [0.29, 0.717) is 22.4 Å². The summed E-state index contributed by atoms with van der Waals surface area (Å²) in [6.07, 6.45) is 1.72. The average molecular weight is 414 g/mol. The molecule has 2 aromatic carbocycles. The minimum atomic E-state index is -0.518. The molecule has 2 amide bonds. The van der Waals surface area contributed by atoms with Crippen LogP contribution in [0.15, 0.2) is 66.2 Å². The van der Waals surface area contributed by atoms with Crippen molar-refractivity contribution < 1.29 is 9.59 Å². The molecule has 144 valence electrons. The van der Waals surface area contributed by atoms with Gasteiger partial charge in [0.2, 0.25) is 11.8 Å². The quantitative estimate of drug-likeness (QED) is 0.692. The van der Waals surface area contributed by atoms with Gasteiger partial charge in [-0.3, -0.25) is 14.5 Å². The van der Waals surface area contributed by atoms with Gasteiger partial charge in [0.1, 0.15) is 5.25 Å². The van der Waals surface area contributed by atoms with E-state index in [-0.39, 0.29) is 18.2 Å². The number of amidine groups is 1. The van der Waals surface area contributed by atoms with Crippen LogP contribution in [0.3, 0.4) is 0 Å². The molecule has 28 heavy (non-hydrogen) atoms. The first kappa shape index (κ1) is 20.2. The predicted molar refractivity (Wildman–Crippen MR) is 116 cm³/mol. The number of aliphatic imine (C=N–C) groups is 1. The number of carbonyl (C=O) groups is 2. The molecule has 5 nitrogen and oxygen atoms in total. The van der Waals surface area contributed by atoms with Gasteiger partial charge in [0.25, 0.3) is 0 Å². The van der Waals surface area contributed by atoms with Gasteiger partial charge in [0.05, 0.1) is 5.69 Å². The first-order chi connectivity index (χ1) is 13.5. The van der Waals surface area contributed by atoms with Gasteiger partial charge in [-0.2, -0.15) is 0 Å². The van der Waals surface area contributed by atoms with Gasteiger partial charge >= 0.3 is 0 Å². The van der Waals surface area contributed by atoms with Crippen molar-refractivity contribution >= 4 is 51.7 Å². The van der Waals surface area contributed by atoms with Gasteiger partial charge in [-0.25, -0.2) is 4.99 Å². The van der Waals surface area contributed by atoms with Crippen LogP contribution in [0.5, 0.6) is 0 Å². The van der Waals surface area contributed by atoms with Gasteiger partial charge < -0.3 is 5.32 Å². The largest absolute Gasteiger partial charge is 0.326 e. The maximum atomic E-state index is 12.8. The fraction of sp³-hybridized carbons (Fsp3) is 0.190. The van der Waals surface area contributed by atoms with Crippen LogP contribution >= 0.6 is 23.4 Å². The molecule has 1 saturated heterocycles. The van der Waals surface area contributed by atoms with Crippen LogP contribution in [-0.2, 0) is 9.59 Å². The summed E-state index contributed by atoms with van der Waals surface area (Å²) in [6.45, 7) is 6.06. The normalized spacial score (nSPS) is 17.8. The Balaban J connectivity index is 1.73. The molecule has 0 bridgehead atoms. The average Bonchev–Trinajstić information content (AvgIpc) is 2.93. The van der Waals surface area contributed by atoms with E-state index >= 15 is 0 Å². The van der Waals surface area contributed by atoms with E-state index in [2.05, 4.69) is 16.9 Å². The van der Waals surface area contributed by atoms with Crippen molar-refractivity contribution in [3.05, 3.63) is 71.8 Å². The fourth-order valence-electron chi connectivity index (χ4n) is 2.74. The van der Waals surface area contributed by atoms with Crippen molar-refractivity contribution in [1.29, 1.82) is 0 Å². The Morgan fingerprint density at radius 1 is 1.32 bits per heavy atom. The van der Waals surface area contributed by atoms with Crippen LogP contribution in [0, 0.1) is 6.92 Å². The molecule has 1 heterocycles. The van der Waals surface area contributed by atoms with E-state index in [4.69, 9.17) is 11.6 Å². The zero-order chi connectivity index (χ0) is 20.1. The molecular formula is C21H20ClN3O2S. The highest BCUT2D eigenvalue weighted by molar-refractivity contribution is 8.15. The molecule has 0 unspecified atom stereocenters. The molecule has 0 spiro atoms. The summed E-state index contributed by atoms with van der Waals surface area (Å²) in [5.41, 5.74) is 2.50. The molecular weight excluding hydrogens is 394 g/mol. The van der Waals surface area contributed by atoms with E-state index < -0.39 is 5.25 Å². The molecule has 1 aliphatic heterocycles. The number of hydrogen-bond donors (Lipinski definition) is 1. The highest BCUT2D eigenvalue weighted by atomic mass is 35.5. The van der Waals surface area contributed by atoms with Crippen LogP contribution in [0.4, 0.5) is 11.4 Å². The highest BCUT2D eigenvalue weighted by Crippen LogP contribution is 2.32. The standard InChI is InChI=1S/C21H20ClN3O2S/c1-3-11-25-20(27)18(13-19(26)23-16-9-7-15(22)8-10-16)28-21(25)24-17-6-4-5-14(2)12-17/h3-10,12,18H,1,11,13H2,2H3,(H,23,26)/t18-/m0/s1. The number of anilines is 1. The molecule has 1 N–H and O–H groups in total. The monoisotopic (exact) mass is 413 g/mol. The molecule has 1 fully saturated rings. The number of amides is 2. The lowest BCUT2D eigenvalue weighted by atomic mass is 10.2. The van der Waals surface area contributed by atoms with Crippen molar-refractivity contribution in [2.75, 3.05) is 11.9 Å². The first-order valence-electron chi connectivity index (χ1n) is 8.76. The van der Waals surface area contributed by atoms with Gasteiger partial charge in [-0.1, -0.05) is 41.6 Å². The zero-order valence-corrected chi connectivity index (χ0v) is 17.0. The number of rotatable bonds is 6. The van der Waals surface area contributed by atoms with E-state index in [0.717, 1.165) is 11.3 Å². The number of hydrogen-bond acceptors (Lipinski definition) is 4. The van der Waals surface area contributed by atoms with Crippen molar-refractivity contribution in [3.63, 3.8) is 0 Å². The van der Waals surface area contributed by atoms with Gasteiger partial charge in [-0.05, 0) is 48.9 Å². The summed E-state index contributed by atoms with van der Waals surface area (Å²) in [4.78, 5) is 31.3. The van der Waals surface area contributed by atoms with E-state index in [1.165, 1.54) is 11.8 Å². The molecule has 0 aromatic heterocycles. The third kappa shape index (κ3) is 5.03. The highest BCUT2D eigenvalue weighted by Gasteiger charge is 2.38. The number of nitrogens with one attached hydrogen (secondary N) is 1. The second-order valence-corrected chi connectivity index (χ2v) is 7.94. The second-order valence-electron chi connectivity index (χ2n) is 6.34. The number of benzene rings is 2. The third-order valence-electron chi connectivity index (χ3n) is 4.06. The SMILES string of the molecule is C=CCN1C(=O)[C@H](CC(=O)Nc2ccc(Cl)cc2)SC1=Nc1cccc(C)c1. The Bertz CT molecular complexity index is 928. The summed E-state index contributed by atoms with van der Waals surface area (Å²) in [5.74, 6) is -0.369. The molecule has 1 aliphatic rings. The van der Waals surface area contributed by atoms with Crippen molar-refractivity contribution in [1.82, 2.24) is 4.90 Å². The van der Waals surface area contributed by atoms with E-state index in [1.54, 1.807) is 35.2 Å². The molecule has 3 rings (SSSR count). The van der Waals surface area contributed by atoms with Crippen LogP contribution in [-0.4, -0.2) is 33.7 Å². The lowest BCUT2D eigenvalue weighted by molar-refractivity contribution is -0.127. The van der Waals surface area contributed by atoms with E-state index in [1.807, 2.05) is 31.2 Å². The second kappa shape index (κ2) is 9.08. The number of nitrogens with zero attached hydrogens (tertiary/aromatic N) is 2. The maximum absolute atomic E-state index is 12.8. The molecule has 2 aromatic rings. The first-order valence-corrected chi connectivity index (χ1v) is 10.0. The summed E-state index contributed by atoms with van der Waals surface area (Å²) in [7, 11) is 0. The summed E-state index contributed by atoms with van der Waals surface area (Å²) < 4.78 is 0. The Labute approximate surface area is 173 Å². The van der Waals surface area contributed by atoms with Gasteiger partial charge in [0.15, 0.2) is 5.17 Å². The Kier molecular flexibility index (Phi) is 6.54. The Morgan fingerprint density at radius 2 is 2.07 bits per heavy atom. The lowest BCUT2D eigenvalue weighted by Crippen LogP contribution is -2.33. The maximum Gasteiger partial charge on any atom is 0.242 e. The minimum Gasteiger partial charge on any atom is -0.326 e. The zero-order valence-electron chi connectivity index (χ0n) is 15.4. The van der Waals surface area contributed by atoms with Crippen LogP contribution < -0.4 is 5.32 Å². The Hall–Kier alpha value is -2.57. The van der Waals surface area contributed by atoms with Crippen molar-refractivity contribution in [3.8, 4) is 0 Å². The summed E-state index contributed by atoms with van der Waals surface area (Å²) >= 11 is 7.16. The molecule has 0 radical (unpaired) electrons. The van der Waals surface area contributed by atoms with Crippen molar-refractivity contribution in [2.45, 2.75) is 18.6 Å². The smallest absolute Gasteiger partial charge is 0.242 e. The van der Waals surface area contributed by atoms with Crippen LogP contribution in [0.25, 0.3) is 0 Å². The number of thioether (sulfide) groups is 1. The van der Waals surface area contributed by atoms with Crippen molar-refractivity contribution in [2.24, 2.45) is 4.99 Å². The lowest BCUT2D eigenvalue weighted by Gasteiger charge is -2.14. The number of carbonyl (C=O) groups excluding carboxylic acids is 2. The number of aryl methyl sites for hydroxylation is 1. The molecule has 1 atom stereocenters. The molecule has 7 heteroatoms. The van der Waals surface area contributed by atoms with Crippen LogP contribution in [0.2, 0.25) is 5.02 Å². The van der Waals surface area contributed by atoms with E-state index in [9.17, 15) is 9.59 Å². The molecule has 0 saturated carbocycles. The van der Waals surface area contributed by atoms with Crippen LogP contribution in [0.1, 0.15) is 12.0 Å². The van der Waals surface area contributed by atoms with Gasteiger partial charge in [0, 0.05) is 23.7 Å². The summed E-state index contributed by atoms with van der Waals surface area (Å²) in [5, 5.41) is 3.45. The summed E-state index contributed by atoms with van der Waals surface area (Å²) in [6, 6.07) is 14.6. The number of halogens is 1. The molecule has 0 aliphatic carbocycles. The van der Waals surface area contributed by atoms with Gasteiger partial charge in [-0.15, -0.1) is 6.58 Å². The predicted octanol–water partition coefficient (Wildman–Crippen LogP) is 4.79. The third-order valence-corrected chi connectivity index (χ3v) is 5.48. The topological polar surface area (TPSA) is 61.8 Å². The fourth-order valence-corrected chi connectivity index (χ4v) is 4.04.